The van der Waals surface area contributed by atoms with E-state index in [0.29, 0.717) is 26.1 Å². The average molecular weight is 356 g/mol. The largest absolute Gasteiger partial charge is 0.390 e. The first-order valence-electron chi connectivity index (χ1n) is 8.44. The van der Waals surface area contributed by atoms with E-state index < -0.39 is 16.1 Å². The van der Waals surface area contributed by atoms with Gasteiger partial charge in [0, 0.05) is 46.8 Å². The molecule has 1 fully saturated rings. The summed E-state index contributed by atoms with van der Waals surface area (Å²) in [5.74, 6) is 0.153. The number of rotatable bonds is 7. The standard InChI is InChI=1S/C17H29N3O3S/c1-18(2)24(22,23)12-6-9-19-10-11-20(15-17(21)14-19)13-16-7-4-3-5-8-16/h3-5,7-8,17,21H,6,9-15H2,1-2H3/t17-/m0/s1. The van der Waals surface area contributed by atoms with Crippen molar-refractivity contribution in [2.45, 2.75) is 19.1 Å². The smallest absolute Gasteiger partial charge is 0.213 e. The average Bonchev–Trinajstić information content (AvgIpc) is 2.69. The molecule has 2 rings (SSSR count). The zero-order chi connectivity index (χ0) is 17.6. The summed E-state index contributed by atoms with van der Waals surface area (Å²) in [4.78, 5) is 4.43. The van der Waals surface area contributed by atoms with Crippen LogP contribution >= 0.6 is 0 Å². The van der Waals surface area contributed by atoms with E-state index >= 15 is 0 Å². The van der Waals surface area contributed by atoms with Gasteiger partial charge in [-0.05, 0) is 18.5 Å². The number of sulfonamides is 1. The van der Waals surface area contributed by atoms with Crippen LogP contribution in [0.1, 0.15) is 12.0 Å². The minimum atomic E-state index is -3.14. The lowest BCUT2D eigenvalue weighted by Gasteiger charge is -2.21. The minimum Gasteiger partial charge on any atom is -0.390 e. The van der Waals surface area contributed by atoms with E-state index in [1.807, 2.05) is 18.2 Å². The summed E-state index contributed by atoms with van der Waals surface area (Å²) < 4.78 is 24.9. The van der Waals surface area contributed by atoms with Crippen LogP contribution in [0.3, 0.4) is 0 Å². The molecule has 1 aliphatic rings. The Morgan fingerprint density at radius 2 is 1.75 bits per heavy atom. The number of aliphatic hydroxyl groups excluding tert-OH is 1. The molecule has 1 aliphatic heterocycles. The third kappa shape index (κ3) is 6.14. The zero-order valence-corrected chi connectivity index (χ0v) is 15.5. The molecule has 1 aromatic rings. The first-order valence-corrected chi connectivity index (χ1v) is 10.0. The van der Waals surface area contributed by atoms with Gasteiger partial charge in [0.1, 0.15) is 0 Å². The van der Waals surface area contributed by atoms with Gasteiger partial charge in [0.05, 0.1) is 11.9 Å². The van der Waals surface area contributed by atoms with Gasteiger partial charge in [0.15, 0.2) is 0 Å². The molecule has 0 bridgehead atoms. The van der Waals surface area contributed by atoms with Gasteiger partial charge >= 0.3 is 0 Å². The molecule has 1 atom stereocenters. The number of hydrogen-bond donors (Lipinski definition) is 1. The normalized spacial score (nSPS) is 21.1. The second-order valence-corrected chi connectivity index (χ2v) is 8.93. The molecular formula is C17H29N3O3S. The van der Waals surface area contributed by atoms with Crippen LogP contribution in [0, 0.1) is 0 Å². The summed E-state index contributed by atoms with van der Waals surface area (Å²) in [5.41, 5.74) is 1.25. The Morgan fingerprint density at radius 3 is 2.42 bits per heavy atom. The molecule has 0 amide bonds. The van der Waals surface area contributed by atoms with Crippen LogP contribution in [-0.2, 0) is 16.6 Å². The van der Waals surface area contributed by atoms with Crippen molar-refractivity contribution in [3.8, 4) is 0 Å². The first kappa shape index (κ1) is 19.3. The number of aliphatic hydroxyl groups is 1. The van der Waals surface area contributed by atoms with E-state index in [9.17, 15) is 13.5 Å². The molecule has 1 aromatic carbocycles. The van der Waals surface area contributed by atoms with E-state index in [1.165, 1.54) is 9.87 Å². The number of hydrogen-bond acceptors (Lipinski definition) is 5. The maximum atomic E-state index is 11.8. The molecule has 0 aliphatic carbocycles. The van der Waals surface area contributed by atoms with Gasteiger partial charge in [0.2, 0.25) is 10.0 Å². The van der Waals surface area contributed by atoms with Gasteiger partial charge in [-0.25, -0.2) is 12.7 Å². The third-order valence-corrected chi connectivity index (χ3v) is 6.27. The third-order valence-electron chi connectivity index (χ3n) is 4.35. The van der Waals surface area contributed by atoms with Crippen LogP contribution in [0.2, 0.25) is 0 Å². The van der Waals surface area contributed by atoms with Gasteiger partial charge in [-0.15, -0.1) is 0 Å². The van der Waals surface area contributed by atoms with E-state index in [-0.39, 0.29) is 5.75 Å². The Bertz CT molecular complexity index is 592. The van der Waals surface area contributed by atoms with Crippen molar-refractivity contribution >= 4 is 10.0 Å². The van der Waals surface area contributed by atoms with Gasteiger partial charge < -0.3 is 5.11 Å². The Balaban J connectivity index is 1.81. The molecule has 0 unspecified atom stereocenters. The fourth-order valence-electron chi connectivity index (χ4n) is 2.96. The van der Waals surface area contributed by atoms with Gasteiger partial charge in [-0.2, -0.15) is 0 Å². The lowest BCUT2D eigenvalue weighted by Crippen LogP contribution is -2.35. The van der Waals surface area contributed by atoms with E-state index in [1.54, 1.807) is 14.1 Å². The summed E-state index contributed by atoms with van der Waals surface area (Å²) in [6.07, 6.45) is 0.188. The van der Waals surface area contributed by atoms with E-state index in [2.05, 4.69) is 21.9 Å². The molecule has 0 saturated carbocycles. The zero-order valence-electron chi connectivity index (χ0n) is 14.6. The number of nitrogens with zero attached hydrogens (tertiary/aromatic N) is 3. The Hall–Kier alpha value is -0.990. The molecular weight excluding hydrogens is 326 g/mol. The van der Waals surface area contributed by atoms with Gasteiger partial charge in [0.25, 0.3) is 0 Å². The SMILES string of the molecule is CN(C)S(=O)(=O)CCCN1CCN(Cc2ccccc2)C[C@@H](O)C1. The summed E-state index contributed by atoms with van der Waals surface area (Å²) >= 11 is 0. The predicted octanol–water partition coefficient (Wildman–Crippen LogP) is 0.447. The fourth-order valence-corrected chi connectivity index (χ4v) is 3.82. The summed E-state index contributed by atoms with van der Waals surface area (Å²) in [6.45, 7) is 4.52. The van der Waals surface area contributed by atoms with Crippen molar-refractivity contribution in [2.75, 3.05) is 52.6 Å². The molecule has 0 radical (unpaired) electrons. The van der Waals surface area contributed by atoms with Crippen LogP contribution in [-0.4, -0.2) is 86.3 Å². The molecule has 7 heteroatoms. The van der Waals surface area contributed by atoms with Crippen molar-refractivity contribution in [1.29, 1.82) is 0 Å². The van der Waals surface area contributed by atoms with Crippen molar-refractivity contribution in [3.05, 3.63) is 35.9 Å². The second-order valence-electron chi connectivity index (χ2n) is 6.63. The summed E-state index contributed by atoms with van der Waals surface area (Å²) in [7, 11) is -0.0154. The highest BCUT2D eigenvalue weighted by Crippen LogP contribution is 2.10. The molecule has 24 heavy (non-hydrogen) atoms. The molecule has 136 valence electrons. The van der Waals surface area contributed by atoms with Crippen LogP contribution < -0.4 is 0 Å². The number of benzene rings is 1. The summed E-state index contributed by atoms with van der Waals surface area (Å²) in [6, 6.07) is 10.3. The van der Waals surface area contributed by atoms with Crippen LogP contribution in [0.5, 0.6) is 0 Å². The molecule has 0 aromatic heterocycles. The molecule has 1 N–H and O–H groups in total. The highest BCUT2D eigenvalue weighted by Gasteiger charge is 2.22. The van der Waals surface area contributed by atoms with Crippen molar-refractivity contribution < 1.29 is 13.5 Å². The van der Waals surface area contributed by atoms with Gasteiger partial charge in [-0.3, -0.25) is 9.80 Å². The topological polar surface area (TPSA) is 64.1 Å². The lowest BCUT2D eigenvalue weighted by atomic mass is 10.2. The van der Waals surface area contributed by atoms with E-state index in [0.717, 1.165) is 19.6 Å². The van der Waals surface area contributed by atoms with E-state index in [4.69, 9.17) is 0 Å². The first-order chi connectivity index (χ1) is 11.4. The molecule has 1 saturated heterocycles. The minimum absolute atomic E-state index is 0.153. The van der Waals surface area contributed by atoms with Crippen LogP contribution in [0.4, 0.5) is 0 Å². The lowest BCUT2D eigenvalue weighted by molar-refractivity contribution is 0.108. The monoisotopic (exact) mass is 355 g/mol. The molecule has 1 heterocycles. The van der Waals surface area contributed by atoms with Gasteiger partial charge in [-0.1, -0.05) is 30.3 Å². The maximum Gasteiger partial charge on any atom is 0.213 e. The van der Waals surface area contributed by atoms with Crippen molar-refractivity contribution in [1.82, 2.24) is 14.1 Å². The van der Waals surface area contributed by atoms with Crippen LogP contribution in [0.15, 0.2) is 30.3 Å². The summed E-state index contributed by atoms with van der Waals surface area (Å²) in [5, 5.41) is 10.2. The fraction of sp³-hybridized carbons (Fsp3) is 0.647. The maximum absolute atomic E-state index is 11.8. The quantitative estimate of drug-likeness (QED) is 0.769. The Kier molecular flexibility index (Phi) is 7.18. The van der Waals surface area contributed by atoms with Crippen molar-refractivity contribution in [2.24, 2.45) is 0 Å². The Labute approximate surface area is 145 Å². The van der Waals surface area contributed by atoms with Crippen molar-refractivity contribution in [3.63, 3.8) is 0 Å². The number of β-amino-alcohol motifs (C(OH)–C–C–N with tert-alkyl or cyclic N) is 1. The second kappa shape index (κ2) is 8.92. The molecule has 6 nitrogen and oxygen atoms in total. The highest BCUT2D eigenvalue weighted by atomic mass is 32.2. The Morgan fingerprint density at radius 1 is 1.12 bits per heavy atom. The molecule has 0 spiro atoms. The van der Waals surface area contributed by atoms with Crippen LogP contribution in [0.25, 0.3) is 0 Å². The highest BCUT2D eigenvalue weighted by molar-refractivity contribution is 7.89. The predicted molar refractivity (Wildman–Crippen MR) is 96.3 cm³/mol.